The lowest BCUT2D eigenvalue weighted by Crippen LogP contribution is -2.39. The summed E-state index contributed by atoms with van der Waals surface area (Å²) in [5.41, 5.74) is 7.30. The molecule has 0 aliphatic carbocycles. The van der Waals surface area contributed by atoms with Gasteiger partial charge in [-0.1, -0.05) is 30.3 Å². The lowest BCUT2D eigenvalue weighted by Gasteiger charge is -2.31. The van der Waals surface area contributed by atoms with E-state index in [1.807, 2.05) is 6.07 Å². The van der Waals surface area contributed by atoms with Gasteiger partial charge in [-0.2, -0.15) is 0 Å². The predicted octanol–water partition coefficient (Wildman–Crippen LogP) is 2.40. The fourth-order valence-corrected chi connectivity index (χ4v) is 3.66. The molecule has 0 spiro atoms. The van der Waals surface area contributed by atoms with E-state index < -0.39 is 0 Å². The van der Waals surface area contributed by atoms with Crippen LogP contribution in [0.15, 0.2) is 35.3 Å². The van der Waals surface area contributed by atoms with Crippen molar-refractivity contribution in [1.29, 1.82) is 0 Å². The number of nitrogens with one attached hydrogen (secondary N) is 1. The molecule has 2 aliphatic rings. The molecule has 2 heterocycles. The van der Waals surface area contributed by atoms with Crippen LogP contribution in [-0.4, -0.2) is 63.4 Å². The van der Waals surface area contributed by atoms with Crippen LogP contribution in [0.2, 0.25) is 0 Å². The number of benzene rings is 1. The minimum atomic E-state index is 0. The van der Waals surface area contributed by atoms with Gasteiger partial charge in [0.25, 0.3) is 0 Å². The number of ether oxygens (including phenoxy) is 2. The molecular formula is C20H33IN4O2. The molecule has 2 unspecified atom stereocenters. The van der Waals surface area contributed by atoms with E-state index in [1.165, 1.54) is 5.56 Å². The van der Waals surface area contributed by atoms with Crippen molar-refractivity contribution < 1.29 is 9.47 Å². The van der Waals surface area contributed by atoms with Crippen molar-refractivity contribution in [2.75, 3.05) is 52.5 Å². The molecule has 0 bridgehead atoms. The molecule has 2 atom stereocenters. The van der Waals surface area contributed by atoms with Gasteiger partial charge in [0, 0.05) is 38.7 Å². The molecule has 2 fully saturated rings. The average Bonchev–Trinajstić information content (AvgIpc) is 2.71. The van der Waals surface area contributed by atoms with Gasteiger partial charge in [-0.3, -0.25) is 9.89 Å². The molecular weight excluding hydrogens is 455 g/mol. The van der Waals surface area contributed by atoms with E-state index in [9.17, 15) is 0 Å². The molecule has 0 amide bonds. The SMILES string of the molecule is I.NC(=NCC1CCCOC1c1ccccc1)NCCCN1CCOCC1. The Hall–Kier alpha value is -0.900. The highest BCUT2D eigenvalue weighted by atomic mass is 127. The first kappa shape index (κ1) is 22.4. The standard InChI is InChI=1S/C20H32N4O2.HI/c21-20(22-9-5-10-24-11-14-25-15-12-24)23-16-18-8-4-13-26-19(18)17-6-2-1-3-7-17;/h1-3,6-7,18-19H,4-5,8-16H2,(H3,21,22,23);1H. The van der Waals surface area contributed by atoms with Crippen LogP contribution in [0.5, 0.6) is 0 Å². The second-order valence-electron chi connectivity index (χ2n) is 7.06. The Labute approximate surface area is 179 Å². The van der Waals surface area contributed by atoms with Crippen LogP contribution in [0, 0.1) is 5.92 Å². The maximum atomic E-state index is 6.06. The summed E-state index contributed by atoms with van der Waals surface area (Å²) in [5, 5.41) is 3.25. The van der Waals surface area contributed by atoms with E-state index in [0.29, 0.717) is 18.4 Å². The minimum absolute atomic E-state index is 0. The Morgan fingerprint density at radius 1 is 1.19 bits per heavy atom. The Balaban J connectivity index is 0.00000261. The number of nitrogens with two attached hydrogens (primary N) is 1. The summed E-state index contributed by atoms with van der Waals surface area (Å²) in [6.45, 7) is 7.24. The van der Waals surface area contributed by atoms with Crippen LogP contribution < -0.4 is 11.1 Å². The molecule has 2 aliphatic heterocycles. The van der Waals surface area contributed by atoms with E-state index in [1.54, 1.807) is 0 Å². The molecule has 7 heteroatoms. The largest absolute Gasteiger partial charge is 0.379 e. The molecule has 1 aromatic carbocycles. The van der Waals surface area contributed by atoms with Crippen molar-refractivity contribution in [3.05, 3.63) is 35.9 Å². The first-order valence-corrected chi connectivity index (χ1v) is 9.83. The molecule has 0 saturated carbocycles. The number of morpholine rings is 1. The van der Waals surface area contributed by atoms with Crippen molar-refractivity contribution >= 4 is 29.9 Å². The lowest BCUT2D eigenvalue weighted by molar-refractivity contribution is -0.0250. The lowest BCUT2D eigenvalue weighted by atomic mass is 9.89. The van der Waals surface area contributed by atoms with E-state index in [2.05, 4.69) is 39.5 Å². The van der Waals surface area contributed by atoms with Crippen LogP contribution in [0.1, 0.15) is 30.9 Å². The van der Waals surface area contributed by atoms with Crippen LogP contribution in [-0.2, 0) is 9.47 Å². The highest BCUT2D eigenvalue weighted by Gasteiger charge is 2.27. The molecule has 27 heavy (non-hydrogen) atoms. The fourth-order valence-electron chi connectivity index (χ4n) is 3.66. The van der Waals surface area contributed by atoms with Gasteiger partial charge in [0.15, 0.2) is 5.96 Å². The summed E-state index contributed by atoms with van der Waals surface area (Å²) >= 11 is 0. The van der Waals surface area contributed by atoms with E-state index in [4.69, 9.17) is 15.2 Å². The molecule has 0 aromatic heterocycles. The topological polar surface area (TPSA) is 72.1 Å². The average molecular weight is 488 g/mol. The Kier molecular flexibility index (Phi) is 10.4. The van der Waals surface area contributed by atoms with Gasteiger partial charge < -0.3 is 20.5 Å². The number of guanidine groups is 1. The van der Waals surface area contributed by atoms with Crippen LogP contribution in [0.25, 0.3) is 0 Å². The monoisotopic (exact) mass is 488 g/mol. The van der Waals surface area contributed by atoms with E-state index in [0.717, 1.165) is 65.3 Å². The zero-order valence-corrected chi connectivity index (χ0v) is 18.3. The second-order valence-corrected chi connectivity index (χ2v) is 7.06. The van der Waals surface area contributed by atoms with Crippen molar-refractivity contribution in [1.82, 2.24) is 10.2 Å². The maximum Gasteiger partial charge on any atom is 0.188 e. The number of hydrogen-bond acceptors (Lipinski definition) is 4. The number of aliphatic imine (C=N–C) groups is 1. The highest BCUT2D eigenvalue weighted by Crippen LogP contribution is 2.33. The van der Waals surface area contributed by atoms with Crippen molar-refractivity contribution in [2.24, 2.45) is 16.6 Å². The Morgan fingerprint density at radius 3 is 2.74 bits per heavy atom. The number of nitrogens with zero attached hydrogens (tertiary/aromatic N) is 2. The van der Waals surface area contributed by atoms with Crippen LogP contribution in [0.4, 0.5) is 0 Å². The maximum absolute atomic E-state index is 6.06. The first-order chi connectivity index (χ1) is 12.8. The van der Waals surface area contributed by atoms with Crippen molar-refractivity contribution in [3.63, 3.8) is 0 Å². The number of halogens is 1. The first-order valence-electron chi connectivity index (χ1n) is 9.83. The van der Waals surface area contributed by atoms with Crippen molar-refractivity contribution in [2.45, 2.75) is 25.4 Å². The smallest absolute Gasteiger partial charge is 0.188 e. The third-order valence-electron chi connectivity index (χ3n) is 5.13. The molecule has 6 nitrogen and oxygen atoms in total. The molecule has 152 valence electrons. The third-order valence-corrected chi connectivity index (χ3v) is 5.13. The zero-order chi connectivity index (χ0) is 18.0. The summed E-state index contributed by atoms with van der Waals surface area (Å²) in [6.07, 6.45) is 3.42. The van der Waals surface area contributed by atoms with Gasteiger partial charge in [0.2, 0.25) is 0 Å². The minimum Gasteiger partial charge on any atom is -0.379 e. The van der Waals surface area contributed by atoms with E-state index >= 15 is 0 Å². The van der Waals surface area contributed by atoms with Gasteiger partial charge in [0.05, 0.1) is 19.3 Å². The summed E-state index contributed by atoms with van der Waals surface area (Å²) in [6, 6.07) is 10.5. The molecule has 1 aromatic rings. The summed E-state index contributed by atoms with van der Waals surface area (Å²) < 4.78 is 11.4. The van der Waals surface area contributed by atoms with Gasteiger partial charge in [-0.25, -0.2) is 0 Å². The summed E-state index contributed by atoms with van der Waals surface area (Å²) in [4.78, 5) is 7.01. The summed E-state index contributed by atoms with van der Waals surface area (Å²) in [7, 11) is 0. The normalized spacial score (nSPS) is 24.2. The Bertz CT molecular complexity index is 552. The third kappa shape index (κ3) is 7.56. The summed E-state index contributed by atoms with van der Waals surface area (Å²) in [5.74, 6) is 0.934. The van der Waals surface area contributed by atoms with Gasteiger partial charge in [-0.05, 0) is 31.4 Å². The van der Waals surface area contributed by atoms with E-state index in [-0.39, 0.29) is 30.1 Å². The van der Waals surface area contributed by atoms with Gasteiger partial charge >= 0.3 is 0 Å². The Morgan fingerprint density at radius 2 is 1.96 bits per heavy atom. The number of rotatable bonds is 7. The molecule has 3 N–H and O–H groups in total. The molecule has 3 rings (SSSR count). The fraction of sp³-hybridized carbons (Fsp3) is 0.650. The predicted molar refractivity (Wildman–Crippen MR) is 120 cm³/mol. The van der Waals surface area contributed by atoms with Gasteiger partial charge in [0.1, 0.15) is 0 Å². The van der Waals surface area contributed by atoms with Crippen LogP contribution in [0.3, 0.4) is 0 Å². The molecule has 2 saturated heterocycles. The zero-order valence-electron chi connectivity index (χ0n) is 16.0. The van der Waals surface area contributed by atoms with Crippen molar-refractivity contribution in [3.8, 4) is 0 Å². The number of hydrogen-bond donors (Lipinski definition) is 2. The van der Waals surface area contributed by atoms with Crippen LogP contribution >= 0.6 is 24.0 Å². The quantitative estimate of drug-likeness (QED) is 0.267. The molecule has 0 radical (unpaired) electrons. The second kappa shape index (κ2) is 12.5. The highest BCUT2D eigenvalue weighted by molar-refractivity contribution is 14.0. The van der Waals surface area contributed by atoms with Gasteiger partial charge in [-0.15, -0.1) is 24.0 Å².